The molecule has 2 N–H and O–H groups in total. The molecule has 7 nitrogen and oxygen atoms in total. The number of benzene rings is 1. The topological polar surface area (TPSA) is 97.1 Å². The number of aryl methyl sites for hydroxylation is 1. The summed E-state index contributed by atoms with van der Waals surface area (Å²) < 4.78 is 1.48. The van der Waals surface area contributed by atoms with Crippen molar-refractivity contribution in [2.45, 2.75) is 32.7 Å². The van der Waals surface area contributed by atoms with Crippen molar-refractivity contribution < 1.29 is 14.7 Å². The van der Waals surface area contributed by atoms with Gasteiger partial charge in [0, 0.05) is 0 Å². The monoisotopic (exact) mass is 302 g/mol. The van der Waals surface area contributed by atoms with Crippen molar-refractivity contribution in [2.24, 2.45) is 0 Å². The SMILES string of the molecule is CCC(C)(NC(=O)c1cn(-c2cccc(C)c2)nn1)C(=O)O. The first-order chi connectivity index (χ1) is 10.4. The molecule has 2 aromatic rings. The summed E-state index contributed by atoms with van der Waals surface area (Å²) in [5.74, 6) is -1.65. The lowest BCUT2D eigenvalue weighted by atomic mass is 9.99. The fraction of sp³-hybridized carbons (Fsp3) is 0.333. The van der Waals surface area contributed by atoms with E-state index in [0.717, 1.165) is 11.3 Å². The van der Waals surface area contributed by atoms with E-state index in [1.54, 1.807) is 6.92 Å². The Bertz CT molecular complexity index is 710. The molecule has 1 atom stereocenters. The third kappa shape index (κ3) is 3.13. The quantitative estimate of drug-likeness (QED) is 0.873. The first kappa shape index (κ1) is 15.7. The van der Waals surface area contributed by atoms with Crippen molar-refractivity contribution in [1.82, 2.24) is 20.3 Å². The molecule has 7 heteroatoms. The molecule has 0 aliphatic rings. The Morgan fingerprint density at radius 1 is 1.41 bits per heavy atom. The number of nitrogens with one attached hydrogen (secondary N) is 1. The number of hydrogen-bond acceptors (Lipinski definition) is 4. The second-order valence-electron chi connectivity index (χ2n) is 5.33. The van der Waals surface area contributed by atoms with E-state index in [-0.39, 0.29) is 12.1 Å². The lowest BCUT2D eigenvalue weighted by Crippen LogP contribution is -2.51. The van der Waals surface area contributed by atoms with E-state index in [1.165, 1.54) is 17.8 Å². The van der Waals surface area contributed by atoms with Crippen molar-refractivity contribution in [3.05, 3.63) is 41.7 Å². The molecule has 1 aromatic carbocycles. The van der Waals surface area contributed by atoms with Gasteiger partial charge in [0.25, 0.3) is 5.91 Å². The van der Waals surface area contributed by atoms with Gasteiger partial charge < -0.3 is 10.4 Å². The van der Waals surface area contributed by atoms with Crippen molar-refractivity contribution in [2.75, 3.05) is 0 Å². The van der Waals surface area contributed by atoms with E-state index in [4.69, 9.17) is 0 Å². The van der Waals surface area contributed by atoms with E-state index >= 15 is 0 Å². The summed E-state index contributed by atoms with van der Waals surface area (Å²) in [6.07, 6.45) is 1.74. The highest BCUT2D eigenvalue weighted by Gasteiger charge is 2.33. The van der Waals surface area contributed by atoms with Gasteiger partial charge in [-0.1, -0.05) is 24.3 Å². The van der Waals surface area contributed by atoms with Crippen molar-refractivity contribution in [3.8, 4) is 5.69 Å². The maximum Gasteiger partial charge on any atom is 0.329 e. The number of carbonyl (C=O) groups excluding carboxylic acids is 1. The van der Waals surface area contributed by atoms with Crippen molar-refractivity contribution in [3.63, 3.8) is 0 Å². The molecule has 0 aliphatic carbocycles. The average molecular weight is 302 g/mol. The summed E-state index contributed by atoms with van der Waals surface area (Å²) in [4.78, 5) is 23.4. The summed E-state index contributed by atoms with van der Waals surface area (Å²) >= 11 is 0. The average Bonchev–Trinajstić information content (AvgIpc) is 2.97. The second kappa shape index (κ2) is 5.97. The number of nitrogens with zero attached hydrogens (tertiary/aromatic N) is 3. The molecule has 0 spiro atoms. The first-order valence-corrected chi connectivity index (χ1v) is 6.91. The third-order valence-corrected chi connectivity index (χ3v) is 3.56. The molecule has 0 bridgehead atoms. The highest BCUT2D eigenvalue weighted by Crippen LogP contribution is 2.12. The van der Waals surface area contributed by atoms with Crippen LogP contribution < -0.4 is 5.32 Å². The van der Waals surface area contributed by atoms with E-state index in [9.17, 15) is 14.7 Å². The third-order valence-electron chi connectivity index (χ3n) is 3.56. The highest BCUT2D eigenvalue weighted by atomic mass is 16.4. The molecule has 1 unspecified atom stereocenters. The second-order valence-corrected chi connectivity index (χ2v) is 5.33. The Labute approximate surface area is 128 Å². The van der Waals surface area contributed by atoms with Crippen LogP contribution >= 0.6 is 0 Å². The van der Waals surface area contributed by atoms with Gasteiger partial charge in [-0.3, -0.25) is 4.79 Å². The maximum atomic E-state index is 12.1. The Morgan fingerprint density at radius 3 is 2.73 bits per heavy atom. The Morgan fingerprint density at radius 2 is 2.14 bits per heavy atom. The van der Waals surface area contributed by atoms with Crippen LogP contribution in [0.5, 0.6) is 0 Å². The summed E-state index contributed by atoms with van der Waals surface area (Å²) in [6, 6.07) is 7.58. The van der Waals surface area contributed by atoms with Crippen molar-refractivity contribution in [1.29, 1.82) is 0 Å². The predicted molar refractivity (Wildman–Crippen MR) is 79.9 cm³/mol. The fourth-order valence-electron chi connectivity index (χ4n) is 1.87. The Hall–Kier alpha value is -2.70. The van der Waals surface area contributed by atoms with Crippen LogP contribution in [0.1, 0.15) is 36.3 Å². The highest BCUT2D eigenvalue weighted by molar-refractivity contribution is 5.96. The van der Waals surface area contributed by atoms with Gasteiger partial charge in [-0.05, 0) is 38.0 Å². The zero-order valence-electron chi connectivity index (χ0n) is 12.7. The molecule has 1 amide bonds. The molecule has 0 saturated heterocycles. The zero-order valence-corrected chi connectivity index (χ0v) is 12.7. The number of hydrogen-bond donors (Lipinski definition) is 2. The maximum absolute atomic E-state index is 12.1. The molecular weight excluding hydrogens is 284 g/mol. The van der Waals surface area contributed by atoms with E-state index in [1.807, 2.05) is 31.2 Å². The molecule has 2 rings (SSSR count). The smallest absolute Gasteiger partial charge is 0.329 e. The first-order valence-electron chi connectivity index (χ1n) is 6.91. The molecule has 22 heavy (non-hydrogen) atoms. The lowest BCUT2D eigenvalue weighted by Gasteiger charge is -2.23. The van der Waals surface area contributed by atoms with Gasteiger partial charge in [0.1, 0.15) is 5.54 Å². The number of carboxylic acids is 1. The van der Waals surface area contributed by atoms with Crippen LogP contribution in [0.2, 0.25) is 0 Å². The van der Waals surface area contributed by atoms with Gasteiger partial charge in [0.15, 0.2) is 5.69 Å². The number of carboxylic acid groups (broad SMARTS) is 1. The minimum absolute atomic E-state index is 0.0717. The number of aliphatic carboxylic acids is 1. The summed E-state index contributed by atoms with van der Waals surface area (Å²) in [7, 11) is 0. The van der Waals surface area contributed by atoms with E-state index in [2.05, 4.69) is 15.6 Å². The minimum atomic E-state index is -1.33. The summed E-state index contributed by atoms with van der Waals surface area (Å²) in [5.41, 5.74) is 0.582. The van der Waals surface area contributed by atoms with Gasteiger partial charge in [-0.15, -0.1) is 5.10 Å². The van der Waals surface area contributed by atoms with Crippen LogP contribution in [0.4, 0.5) is 0 Å². The molecular formula is C15H18N4O3. The summed E-state index contributed by atoms with van der Waals surface area (Å²) in [6.45, 7) is 5.10. The number of carbonyl (C=O) groups is 2. The fourth-order valence-corrected chi connectivity index (χ4v) is 1.87. The van der Waals surface area contributed by atoms with Crippen LogP contribution in [0.25, 0.3) is 5.69 Å². The predicted octanol–water partition coefficient (Wildman–Crippen LogP) is 1.56. The van der Waals surface area contributed by atoms with Gasteiger partial charge in [-0.2, -0.15) is 0 Å². The molecule has 0 saturated carbocycles. The number of aromatic nitrogens is 3. The molecule has 0 radical (unpaired) electrons. The van der Waals surface area contributed by atoms with Crippen molar-refractivity contribution >= 4 is 11.9 Å². The lowest BCUT2D eigenvalue weighted by molar-refractivity contribution is -0.143. The zero-order chi connectivity index (χ0) is 16.3. The molecule has 0 fully saturated rings. The largest absolute Gasteiger partial charge is 0.480 e. The van der Waals surface area contributed by atoms with Gasteiger partial charge in [0.2, 0.25) is 0 Å². The number of amides is 1. The van der Waals surface area contributed by atoms with Crippen LogP contribution in [-0.4, -0.2) is 37.5 Å². The van der Waals surface area contributed by atoms with Crippen LogP contribution in [-0.2, 0) is 4.79 Å². The minimum Gasteiger partial charge on any atom is -0.480 e. The molecule has 0 aliphatic heterocycles. The number of rotatable bonds is 5. The van der Waals surface area contributed by atoms with E-state index in [0.29, 0.717) is 0 Å². The standard InChI is InChI=1S/C15H18N4O3/c1-4-15(3,14(21)22)16-13(20)12-9-19(18-17-12)11-7-5-6-10(2)8-11/h5-9H,4H2,1-3H3,(H,16,20)(H,21,22). The van der Waals surface area contributed by atoms with Gasteiger partial charge in [0.05, 0.1) is 11.9 Å². The van der Waals surface area contributed by atoms with Gasteiger partial charge >= 0.3 is 5.97 Å². The van der Waals surface area contributed by atoms with Crippen LogP contribution in [0.3, 0.4) is 0 Å². The molecule has 116 valence electrons. The van der Waals surface area contributed by atoms with E-state index < -0.39 is 17.4 Å². The Balaban J connectivity index is 2.21. The Kier molecular flexibility index (Phi) is 4.25. The van der Waals surface area contributed by atoms with Crippen LogP contribution in [0.15, 0.2) is 30.5 Å². The summed E-state index contributed by atoms with van der Waals surface area (Å²) in [5, 5.41) is 19.4. The molecule has 1 aromatic heterocycles. The normalized spacial score (nSPS) is 13.4. The van der Waals surface area contributed by atoms with Crippen LogP contribution in [0, 0.1) is 6.92 Å². The molecule has 1 heterocycles. The van der Waals surface area contributed by atoms with Gasteiger partial charge in [-0.25, -0.2) is 9.48 Å².